The van der Waals surface area contributed by atoms with Crippen LogP contribution in [0.25, 0.3) is 0 Å². The molecular weight excluding hydrogens is 214 g/mol. The summed E-state index contributed by atoms with van der Waals surface area (Å²) in [5.41, 5.74) is 3.50. The zero-order valence-corrected chi connectivity index (χ0v) is 10.8. The molecule has 0 saturated carbocycles. The number of carbonyl (C=O) groups is 1. The van der Waals surface area contributed by atoms with Crippen molar-refractivity contribution < 1.29 is 9.90 Å². The van der Waals surface area contributed by atoms with Crippen LogP contribution in [-0.2, 0) is 11.2 Å². The Balaban J connectivity index is 2.77. The second-order valence-electron chi connectivity index (χ2n) is 4.29. The Morgan fingerprint density at radius 3 is 2.65 bits per heavy atom. The molecule has 17 heavy (non-hydrogen) atoms. The van der Waals surface area contributed by atoms with E-state index in [0.29, 0.717) is 13.0 Å². The largest absolute Gasteiger partial charge is 0.481 e. The van der Waals surface area contributed by atoms with Crippen LogP contribution in [0, 0.1) is 12.8 Å². The maximum Gasteiger partial charge on any atom is 0.308 e. The summed E-state index contributed by atoms with van der Waals surface area (Å²) >= 11 is 0. The summed E-state index contributed by atoms with van der Waals surface area (Å²) < 4.78 is 0. The number of hydrogen-bond donors (Lipinski definition) is 2. The second-order valence-corrected chi connectivity index (χ2v) is 4.29. The van der Waals surface area contributed by atoms with Crippen LogP contribution < -0.4 is 5.32 Å². The third-order valence-corrected chi connectivity index (χ3v) is 3.11. The smallest absolute Gasteiger partial charge is 0.308 e. The predicted octanol–water partition coefficient (Wildman–Crippen LogP) is 3.08. The van der Waals surface area contributed by atoms with Gasteiger partial charge >= 0.3 is 5.97 Å². The third kappa shape index (κ3) is 3.48. The van der Waals surface area contributed by atoms with E-state index in [1.807, 2.05) is 26.0 Å². The molecular formula is C14H21NO2. The van der Waals surface area contributed by atoms with E-state index < -0.39 is 5.97 Å². The number of nitrogens with one attached hydrogen (secondary N) is 1. The first-order valence-electron chi connectivity index (χ1n) is 6.15. The van der Waals surface area contributed by atoms with Gasteiger partial charge in [-0.05, 0) is 30.9 Å². The Kier molecular flexibility index (Phi) is 5.01. The minimum Gasteiger partial charge on any atom is -0.481 e. The molecule has 0 radical (unpaired) electrons. The highest BCUT2D eigenvalue weighted by Crippen LogP contribution is 2.21. The monoisotopic (exact) mass is 235 g/mol. The number of aliphatic carboxylic acids is 1. The maximum absolute atomic E-state index is 11.0. The van der Waals surface area contributed by atoms with E-state index in [1.165, 1.54) is 11.1 Å². The molecule has 3 heteroatoms. The summed E-state index contributed by atoms with van der Waals surface area (Å²) in [5.74, 6) is -1.05. The Labute approximate surface area is 103 Å². The minimum atomic E-state index is -0.730. The molecule has 0 bridgehead atoms. The molecule has 1 aromatic carbocycles. The van der Waals surface area contributed by atoms with E-state index >= 15 is 0 Å². The van der Waals surface area contributed by atoms with Gasteiger partial charge in [-0.1, -0.05) is 32.0 Å². The van der Waals surface area contributed by atoms with E-state index in [-0.39, 0.29) is 5.92 Å². The average Bonchev–Trinajstić information content (AvgIpc) is 2.31. The minimum absolute atomic E-state index is 0.320. The molecule has 0 fully saturated rings. The van der Waals surface area contributed by atoms with Crippen LogP contribution in [-0.4, -0.2) is 17.6 Å². The molecule has 1 aromatic rings. The Morgan fingerprint density at radius 1 is 1.41 bits per heavy atom. The van der Waals surface area contributed by atoms with Crippen molar-refractivity contribution in [3.8, 4) is 0 Å². The lowest BCUT2D eigenvalue weighted by Gasteiger charge is -2.16. The fraction of sp³-hybridized carbons (Fsp3) is 0.500. The van der Waals surface area contributed by atoms with Gasteiger partial charge in [0.2, 0.25) is 0 Å². The molecule has 1 rings (SSSR count). The lowest BCUT2D eigenvalue weighted by atomic mass is 10.0. The fourth-order valence-electron chi connectivity index (χ4n) is 1.91. The van der Waals surface area contributed by atoms with Crippen LogP contribution in [0.1, 0.15) is 31.4 Å². The molecule has 0 spiro atoms. The molecule has 0 aliphatic carbocycles. The summed E-state index contributed by atoms with van der Waals surface area (Å²) in [6, 6.07) is 6.16. The number of hydrogen-bond acceptors (Lipinski definition) is 2. The highest BCUT2D eigenvalue weighted by atomic mass is 16.4. The van der Waals surface area contributed by atoms with Crippen molar-refractivity contribution >= 4 is 11.7 Å². The highest BCUT2D eigenvalue weighted by Gasteiger charge is 2.15. The summed E-state index contributed by atoms with van der Waals surface area (Å²) in [7, 11) is 0. The molecule has 0 aromatic heterocycles. The molecule has 0 aliphatic heterocycles. The Morgan fingerprint density at radius 2 is 2.12 bits per heavy atom. The standard InChI is InChI=1S/C14H21NO2/c1-4-11-8-6-7-10(3)13(11)15-9-12(5-2)14(16)17/h6-8,12,15H,4-5,9H2,1-3H3,(H,16,17). The summed E-state index contributed by atoms with van der Waals surface area (Å²) in [6.45, 7) is 6.54. The SMILES string of the molecule is CCc1cccc(C)c1NCC(CC)C(=O)O. The summed E-state index contributed by atoms with van der Waals surface area (Å²) in [5, 5.41) is 12.3. The van der Waals surface area contributed by atoms with Crippen LogP contribution in [0.15, 0.2) is 18.2 Å². The number of carboxylic acids is 1. The second kappa shape index (κ2) is 6.28. The molecule has 1 unspecified atom stereocenters. The zero-order chi connectivity index (χ0) is 12.8. The van der Waals surface area contributed by atoms with Crippen molar-refractivity contribution in [2.75, 3.05) is 11.9 Å². The first-order chi connectivity index (χ1) is 8.10. The molecule has 3 nitrogen and oxygen atoms in total. The van der Waals surface area contributed by atoms with E-state index in [9.17, 15) is 4.79 Å². The predicted molar refractivity (Wildman–Crippen MR) is 70.5 cm³/mol. The molecule has 0 aliphatic rings. The molecule has 2 N–H and O–H groups in total. The average molecular weight is 235 g/mol. The summed E-state index contributed by atoms with van der Waals surface area (Å²) in [6.07, 6.45) is 1.60. The number of rotatable bonds is 6. The molecule has 0 amide bonds. The first-order valence-corrected chi connectivity index (χ1v) is 6.15. The van der Waals surface area contributed by atoms with Gasteiger partial charge in [-0.25, -0.2) is 0 Å². The zero-order valence-electron chi connectivity index (χ0n) is 10.8. The Hall–Kier alpha value is -1.51. The van der Waals surface area contributed by atoms with E-state index in [1.54, 1.807) is 0 Å². The van der Waals surface area contributed by atoms with Gasteiger partial charge in [-0.2, -0.15) is 0 Å². The van der Waals surface area contributed by atoms with Gasteiger partial charge < -0.3 is 10.4 Å². The third-order valence-electron chi connectivity index (χ3n) is 3.11. The van der Waals surface area contributed by atoms with Crippen LogP contribution in [0.5, 0.6) is 0 Å². The molecule has 0 heterocycles. The van der Waals surface area contributed by atoms with Gasteiger partial charge in [-0.15, -0.1) is 0 Å². The van der Waals surface area contributed by atoms with Crippen molar-refractivity contribution in [3.05, 3.63) is 29.3 Å². The van der Waals surface area contributed by atoms with Gasteiger partial charge in [-0.3, -0.25) is 4.79 Å². The lowest BCUT2D eigenvalue weighted by molar-refractivity contribution is -0.141. The van der Waals surface area contributed by atoms with Crippen molar-refractivity contribution in [2.45, 2.75) is 33.6 Å². The molecule has 1 atom stereocenters. The van der Waals surface area contributed by atoms with Crippen LogP contribution in [0.4, 0.5) is 5.69 Å². The van der Waals surface area contributed by atoms with E-state index in [0.717, 1.165) is 12.1 Å². The number of para-hydroxylation sites is 1. The van der Waals surface area contributed by atoms with Gasteiger partial charge in [0.1, 0.15) is 0 Å². The highest BCUT2D eigenvalue weighted by molar-refractivity contribution is 5.71. The fourth-order valence-corrected chi connectivity index (χ4v) is 1.91. The number of carboxylic acid groups (broad SMARTS) is 1. The quantitative estimate of drug-likeness (QED) is 0.796. The van der Waals surface area contributed by atoms with Gasteiger partial charge in [0.25, 0.3) is 0 Å². The number of benzene rings is 1. The van der Waals surface area contributed by atoms with Crippen LogP contribution >= 0.6 is 0 Å². The normalized spacial score (nSPS) is 12.2. The van der Waals surface area contributed by atoms with E-state index in [2.05, 4.69) is 18.3 Å². The van der Waals surface area contributed by atoms with Crippen molar-refractivity contribution in [1.82, 2.24) is 0 Å². The molecule has 94 valence electrons. The topological polar surface area (TPSA) is 49.3 Å². The van der Waals surface area contributed by atoms with Crippen LogP contribution in [0.3, 0.4) is 0 Å². The van der Waals surface area contributed by atoms with Gasteiger partial charge in [0.15, 0.2) is 0 Å². The first kappa shape index (κ1) is 13.6. The van der Waals surface area contributed by atoms with Gasteiger partial charge in [0, 0.05) is 12.2 Å². The van der Waals surface area contributed by atoms with Gasteiger partial charge in [0.05, 0.1) is 5.92 Å². The Bertz CT molecular complexity index is 388. The number of aryl methyl sites for hydroxylation is 2. The van der Waals surface area contributed by atoms with Crippen molar-refractivity contribution in [1.29, 1.82) is 0 Å². The summed E-state index contributed by atoms with van der Waals surface area (Å²) in [4.78, 5) is 11.0. The maximum atomic E-state index is 11.0. The van der Waals surface area contributed by atoms with Crippen molar-refractivity contribution in [2.24, 2.45) is 5.92 Å². The lowest BCUT2D eigenvalue weighted by Crippen LogP contribution is -2.22. The number of anilines is 1. The van der Waals surface area contributed by atoms with Crippen LogP contribution in [0.2, 0.25) is 0 Å². The molecule has 0 saturated heterocycles. The van der Waals surface area contributed by atoms with E-state index in [4.69, 9.17) is 5.11 Å². The van der Waals surface area contributed by atoms with Crippen molar-refractivity contribution in [3.63, 3.8) is 0 Å².